The van der Waals surface area contributed by atoms with Crippen molar-refractivity contribution in [2.75, 3.05) is 5.32 Å². The Labute approximate surface area is 160 Å². The van der Waals surface area contributed by atoms with Crippen molar-refractivity contribution in [2.45, 2.75) is 54.9 Å². The number of amides is 1. The molecule has 0 radical (unpaired) electrons. The summed E-state index contributed by atoms with van der Waals surface area (Å²) in [5.74, 6) is -0.0339. The van der Waals surface area contributed by atoms with Crippen LogP contribution in [0.4, 0.5) is 5.69 Å². The zero-order valence-corrected chi connectivity index (χ0v) is 16.0. The fourth-order valence-electron chi connectivity index (χ4n) is 3.83. The van der Waals surface area contributed by atoms with Gasteiger partial charge in [0.1, 0.15) is 0 Å². The fourth-order valence-corrected chi connectivity index (χ4v) is 5.13. The molecule has 0 unspecified atom stereocenters. The van der Waals surface area contributed by atoms with Crippen molar-refractivity contribution in [3.63, 3.8) is 0 Å². The second-order valence-electron chi connectivity index (χ2n) is 7.53. The molecule has 1 amide bonds. The fraction of sp³-hybridized carbons (Fsp3) is 0.381. The summed E-state index contributed by atoms with van der Waals surface area (Å²) in [6.45, 7) is 0. The average Bonchev–Trinajstić information content (AvgIpc) is 3.34. The lowest BCUT2D eigenvalue weighted by Crippen LogP contribution is -2.32. The molecular formula is C21H24N2O3S. The van der Waals surface area contributed by atoms with Gasteiger partial charge in [-0.05, 0) is 55.5 Å². The second-order valence-corrected chi connectivity index (χ2v) is 9.24. The third-order valence-corrected chi connectivity index (χ3v) is 7.15. The Kier molecular flexibility index (Phi) is 4.78. The number of hydrogen-bond donors (Lipinski definition) is 2. The first-order valence-electron chi connectivity index (χ1n) is 9.49. The Morgan fingerprint density at radius 3 is 2.15 bits per heavy atom. The van der Waals surface area contributed by atoms with Gasteiger partial charge in [-0.15, -0.1) is 0 Å². The Balaban J connectivity index is 1.44. The van der Waals surface area contributed by atoms with Gasteiger partial charge in [-0.25, -0.2) is 13.1 Å². The van der Waals surface area contributed by atoms with E-state index in [9.17, 15) is 13.2 Å². The van der Waals surface area contributed by atoms with Crippen LogP contribution in [-0.4, -0.2) is 20.4 Å². The summed E-state index contributed by atoms with van der Waals surface area (Å²) in [6, 6.07) is 16.2. The zero-order valence-electron chi connectivity index (χ0n) is 15.1. The maximum absolute atomic E-state index is 12.8. The number of benzene rings is 2. The number of rotatable bonds is 6. The third kappa shape index (κ3) is 3.77. The van der Waals surface area contributed by atoms with Crippen LogP contribution < -0.4 is 10.0 Å². The van der Waals surface area contributed by atoms with E-state index in [1.165, 1.54) is 0 Å². The van der Waals surface area contributed by atoms with Gasteiger partial charge in [0.05, 0.1) is 10.3 Å². The van der Waals surface area contributed by atoms with Crippen molar-refractivity contribution in [2.24, 2.45) is 0 Å². The molecule has 0 heterocycles. The van der Waals surface area contributed by atoms with E-state index in [1.807, 2.05) is 30.3 Å². The first kappa shape index (κ1) is 18.2. The topological polar surface area (TPSA) is 75.3 Å². The SMILES string of the molecule is O=C(Nc1ccc(S(=O)(=O)NC2CCCC2)cc1)C1(c2ccccc2)CC1. The highest BCUT2D eigenvalue weighted by molar-refractivity contribution is 7.89. The van der Waals surface area contributed by atoms with Gasteiger partial charge in [0.15, 0.2) is 0 Å². The van der Waals surface area contributed by atoms with Crippen LogP contribution in [0, 0.1) is 0 Å². The minimum Gasteiger partial charge on any atom is -0.325 e. The lowest BCUT2D eigenvalue weighted by Gasteiger charge is -2.16. The van der Waals surface area contributed by atoms with E-state index in [0.717, 1.165) is 44.1 Å². The van der Waals surface area contributed by atoms with Crippen LogP contribution >= 0.6 is 0 Å². The zero-order chi connectivity index (χ0) is 18.9. The van der Waals surface area contributed by atoms with Crippen LogP contribution in [0.2, 0.25) is 0 Å². The van der Waals surface area contributed by atoms with E-state index in [2.05, 4.69) is 10.0 Å². The number of sulfonamides is 1. The molecule has 0 bridgehead atoms. The molecule has 2 aromatic rings. The van der Waals surface area contributed by atoms with Crippen molar-refractivity contribution in [1.82, 2.24) is 4.72 Å². The average molecular weight is 385 g/mol. The molecule has 0 aliphatic heterocycles. The lowest BCUT2D eigenvalue weighted by atomic mass is 9.95. The molecule has 5 nitrogen and oxygen atoms in total. The van der Waals surface area contributed by atoms with Crippen molar-refractivity contribution >= 4 is 21.6 Å². The standard InChI is InChI=1S/C21H24N2O3S/c24-20(21(14-15-21)16-6-2-1-3-7-16)22-17-10-12-19(13-11-17)27(25,26)23-18-8-4-5-9-18/h1-3,6-7,10-13,18,23H,4-5,8-9,14-15H2,(H,22,24). The highest BCUT2D eigenvalue weighted by atomic mass is 32.2. The Hall–Kier alpha value is -2.18. The number of hydrogen-bond acceptors (Lipinski definition) is 3. The Morgan fingerprint density at radius 1 is 0.926 bits per heavy atom. The van der Waals surface area contributed by atoms with Gasteiger partial charge >= 0.3 is 0 Å². The lowest BCUT2D eigenvalue weighted by molar-refractivity contribution is -0.118. The summed E-state index contributed by atoms with van der Waals surface area (Å²) >= 11 is 0. The van der Waals surface area contributed by atoms with Gasteiger partial charge in [0.2, 0.25) is 15.9 Å². The van der Waals surface area contributed by atoms with Gasteiger partial charge in [0.25, 0.3) is 0 Å². The summed E-state index contributed by atoms with van der Waals surface area (Å²) in [5, 5.41) is 2.94. The van der Waals surface area contributed by atoms with E-state index < -0.39 is 15.4 Å². The van der Waals surface area contributed by atoms with E-state index in [4.69, 9.17) is 0 Å². The highest BCUT2D eigenvalue weighted by Crippen LogP contribution is 2.48. The molecule has 4 rings (SSSR count). The molecule has 2 aromatic carbocycles. The van der Waals surface area contributed by atoms with Crippen LogP contribution in [0.1, 0.15) is 44.1 Å². The highest BCUT2D eigenvalue weighted by Gasteiger charge is 2.51. The van der Waals surface area contributed by atoms with Gasteiger partial charge < -0.3 is 5.32 Å². The first-order valence-corrected chi connectivity index (χ1v) is 11.0. The summed E-state index contributed by atoms with van der Waals surface area (Å²) in [7, 11) is -3.51. The molecule has 2 saturated carbocycles. The van der Waals surface area contributed by atoms with E-state index in [-0.39, 0.29) is 16.8 Å². The molecular weight excluding hydrogens is 360 g/mol. The second kappa shape index (κ2) is 7.09. The third-order valence-electron chi connectivity index (χ3n) is 5.61. The predicted octanol–water partition coefficient (Wildman–Crippen LogP) is 3.58. The number of carbonyl (C=O) groups is 1. The molecule has 0 atom stereocenters. The summed E-state index contributed by atoms with van der Waals surface area (Å²) in [4.78, 5) is 13.0. The summed E-state index contributed by atoms with van der Waals surface area (Å²) in [6.07, 6.45) is 5.60. The number of carbonyl (C=O) groups excluding carboxylic acids is 1. The molecule has 0 spiro atoms. The molecule has 142 valence electrons. The maximum Gasteiger partial charge on any atom is 0.240 e. The number of nitrogens with one attached hydrogen (secondary N) is 2. The van der Waals surface area contributed by atoms with Gasteiger partial charge in [-0.3, -0.25) is 4.79 Å². The number of anilines is 1. The largest absolute Gasteiger partial charge is 0.325 e. The maximum atomic E-state index is 12.8. The quantitative estimate of drug-likeness (QED) is 0.799. The monoisotopic (exact) mass is 384 g/mol. The molecule has 0 saturated heterocycles. The molecule has 2 N–H and O–H groups in total. The molecule has 6 heteroatoms. The molecule has 2 aliphatic carbocycles. The van der Waals surface area contributed by atoms with Crippen LogP contribution in [0.15, 0.2) is 59.5 Å². The van der Waals surface area contributed by atoms with E-state index >= 15 is 0 Å². The smallest absolute Gasteiger partial charge is 0.240 e. The van der Waals surface area contributed by atoms with Gasteiger partial charge in [-0.1, -0.05) is 43.2 Å². The minimum atomic E-state index is -3.51. The first-order chi connectivity index (χ1) is 13.0. The molecule has 0 aromatic heterocycles. The molecule has 27 heavy (non-hydrogen) atoms. The van der Waals surface area contributed by atoms with Crippen molar-refractivity contribution < 1.29 is 13.2 Å². The minimum absolute atomic E-state index is 0.0339. The molecule has 2 fully saturated rings. The summed E-state index contributed by atoms with van der Waals surface area (Å²) in [5.41, 5.74) is 1.19. The van der Waals surface area contributed by atoms with Gasteiger partial charge in [0, 0.05) is 11.7 Å². The predicted molar refractivity (Wildman–Crippen MR) is 105 cm³/mol. The summed E-state index contributed by atoms with van der Waals surface area (Å²) < 4.78 is 27.7. The van der Waals surface area contributed by atoms with E-state index in [0.29, 0.717) is 5.69 Å². The van der Waals surface area contributed by atoms with Crippen molar-refractivity contribution in [1.29, 1.82) is 0 Å². The van der Waals surface area contributed by atoms with E-state index in [1.54, 1.807) is 24.3 Å². The van der Waals surface area contributed by atoms with Crippen LogP contribution in [0.5, 0.6) is 0 Å². The Morgan fingerprint density at radius 2 is 1.56 bits per heavy atom. The van der Waals surface area contributed by atoms with Crippen LogP contribution in [0.25, 0.3) is 0 Å². The molecule has 2 aliphatic rings. The Bertz CT molecular complexity index is 914. The van der Waals surface area contributed by atoms with Crippen molar-refractivity contribution in [3.8, 4) is 0 Å². The normalized spacial score (nSPS) is 19.0. The van der Waals surface area contributed by atoms with Crippen LogP contribution in [-0.2, 0) is 20.2 Å². The van der Waals surface area contributed by atoms with Crippen LogP contribution in [0.3, 0.4) is 0 Å². The van der Waals surface area contributed by atoms with Gasteiger partial charge in [-0.2, -0.15) is 0 Å². The van der Waals surface area contributed by atoms with Crippen molar-refractivity contribution in [3.05, 3.63) is 60.2 Å².